The van der Waals surface area contributed by atoms with E-state index >= 15 is 0 Å². The molecule has 0 amide bonds. The fraction of sp³-hybridized carbons (Fsp3) is 0. The third-order valence-electron chi connectivity index (χ3n) is 2.60. The Morgan fingerprint density at radius 3 is 2.90 bits per heavy atom. The summed E-state index contributed by atoms with van der Waals surface area (Å²) < 4.78 is 0. The van der Waals surface area contributed by atoms with Crippen molar-refractivity contribution in [1.29, 1.82) is 5.26 Å². The van der Waals surface area contributed by atoms with E-state index in [2.05, 4.69) is 9.97 Å². The molecule has 0 radical (unpaired) electrons. The zero-order valence-electron chi connectivity index (χ0n) is 10.7. The van der Waals surface area contributed by atoms with E-state index in [4.69, 9.17) is 28.4 Å². The van der Waals surface area contributed by atoms with Gasteiger partial charge in [0, 0.05) is 16.7 Å². The Bertz CT molecular complexity index is 792. The molecule has 0 saturated carbocycles. The molecule has 106 valence electrons. The molecule has 7 nitrogen and oxygen atoms in total. The number of hydrazine groups is 1. The van der Waals surface area contributed by atoms with Crippen LogP contribution < -0.4 is 22.1 Å². The Morgan fingerprint density at radius 2 is 2.24 bits per heavy atom. The molecule has 0 spiro atoms. The molecule has 21 heavy (non-hydrogen) atoms. The van der Waals surface area contributed by atoms with E-state index in [0.29, 0.717) is 22.0 Å². The van der Waals surface area contributed by atoms with E-state index in [1.807, 2.05) is 0 Å². The highest BCUT2D eigenvalue weighted by Gasteiger charge is 2.11. The minimum atomic E-state index is -0.304. The molecule has 0 unspecified atom stereocenters. The van der Waals surface area contributed by atoms with Crippen LogP contribution in [0.5, 0.6) is 0 Å². The van der Waals surface area contributed by atoms with Crippen LogP contribution in [0, 0.1) is 11.3 Å². The standard InChI is InChI=1S/C13H11ClN6O/c14-8-1-2-12(20(17)6-9(16)5-15)10(3-8)11-4-13(21)19-7-18-11/h1-4,6-7H,16-17H2,(H,18,19,21)/b9-6-. The summed E-state index contributed by atoms with van der Waals surface area (Å²) in [6.07, 6.45) is 2.54. The van der Waals surface area contributed by atoms with Gasteiger partial charge in [0.1, 0.15) is 11.8 Å². The predicted molar refractivity (Wildman–Crippen MR) is 79.9 cm³/mol. The number of halogens is 1. The van der Waals surface area contributed by atoms with Crippen molar-refractivity contribution in [3.8, 4) is 17.3 Å². The van der Waals surface area contributed by atoms with E-state index in [-0.39, 0.29) is 11.3 Å². The van der Waals surface area contributed by atoms with Gasteiger partial charge in [0.15, 0.2) is 0 Å². The first-order valence-electron chi connectivity index (χ1n) is 5.77. The quantitative estimate of drug-likeness (QED) is 0.443. The van der Waals surface area contributed by atoms with Crippen molar-refractivity contribution in [3.05, 3.63) is 57.9 Å². The highest BCUT2D eigenvalue weighted by atomic mass is 35.5. The van der Waals surface area contributed by atoms with Gasteiger partial charge in [0.05, 0.1) is 23.9 Å². The second-order valence-corrected chi connectivity index (χ2v) is 4.50. The van der Waals surface area contributed by atoms with Crippen LogP contribution in [0.25, 0.3) is 11.3 Å². The molecule has 0 atom stereocenters. The van der Waals surface area contributed by atoms with E-state index in [0.717, 1.165) is 0 Å². The first-order valence-corrected chi connectivity index (χ1v) is 6.15. The van der Waals surface area contributed by atoms with Crippen LogP contribution in [0.15, 0.2) is 47.3 Å². The van der Waals surface area contributed by atoms with Crippen molar-refractivity contribution in [3.63, 3.8) is 0 Å². The lowest BCUT2D eigenvalue weighted by atomic mass is 10.1. The van der Waals surface area contributed by atoms with Crippen molar-refractivity contribution < 1.29 is 0 Å². The third kappa shape index (κ3) is 3.39. The van der Waals surface area contributed by atoms with E-state index in [1.54, 1.807) is 24.3 Å². The topological polar surface area (TPSA) is 125 Å². The van der Waals surface area contributed by atoms with Gasteiger partial charge in [-0.25, -0.2) is 10.8 Å². The van der Waals surface area contributed by atoms with Crippen molar-refractivity contribution in [2.45, 2.75) is 0 Å². The Kier molecular flexibility index (Phi) is 4.23. The summed E-state index contributed by atoms with van der Waals surface area (Å²) in [6, 6.07) is 7.97. The fourth-order valence-electron chi connectivity index (χ4n) is 1.70. The Morgan fingerprint density at radius 1 is 1.48 bits per heavy atom. The summed E-state index contributed by atoms with van der Waals surface area (Å²) in [5.74, 6) is 5.87. The first-order chi connectivity index (χ1) is 10.0. The monoisotopic (exact) mass is 302 g/mol. The Hall–Kier alpha value is -2.82. The lowest BCUT2D eigenvalue weighted by Crippen LogP contribution is -2.26. The summed E-state index contributed by atoms with van der Waals surface area (Å²) in [5, 5.41) is 10.3. The van der Waals surface area contributed by atoms with Gasteiger partial charge in [-0.1, -0.05) is 11.6 Å². The van der Waals surface area contributed by atoms with Crippen LogP contribution in [0.3, 0.4) is 0 Å². The van der Waals surface area contributed by atoms with Crippen molar-refractivity contribution in [2.75, 3.05) is 5.01 Å². The molecule has 0 saturated heterocycles. The molecular weight excluding hydrogens is 292 g/mol. The molecule has 1 aromatic heterocycles. The SMILES string of the molecule is N#C/C(N)=C/N(N)c1ccc(Cl)cc1-c1cc(=O)[nH]cn1. The van der Waals surface area contributed by atoms with E-state index in [1.165, 1.54) is 23.6 Å². The lowest BCUT2D eigenvalue weighted by Gasteiger charge is -2.18. The van der Waals surface area contributed by atoms with Crippen molar-refractivity contribution in [2.24, 2.45) is 11.6 Å². The van der Waals surface area contributed by atoms with E-state index < -0.39 is 0 Å². The molecule has 0 aliphatic heterocycles. The number of benzene rings is 1. The molecule has 0 bridgehead atoms. The maximum absolute atomic E-state index is 11.4. The van der Waals surface area contributed by atoms with Gasteiger partial charge in [0.2, 0.25) is 0 Å². The maximum Gasteiger partial charge on any atom is 0.251 e. The number of anilines is 1. The number of H-pyrrole nitrogens is 1. The number of aromatic nitrogens is 2. The zero-order valence-corrected chi connectivity index (χ0v) is 11.5. The largest absolute Gasteiger partial charge is 0.389 e. The predicted octanol–water partition coefficient (Wildman–Crippen LogP) is 1.09. The van der Waals surface area contributed by atoms with Crippen LogP contribution in [0.4, 0.5) is 5.69 Å². The average Bonchev–Trinajstić information content (AvgIpc) is 2.46. The van der Waals surface area contributed by atoms with Crippen LogP contribution in [-0.4, -0.2) is 9.97 Å². The summed E-state index contributed by atoms with van der Waals surface area (Å²) in [4.78, 5) is 17.9. The molecule has 8 heteroatoms. The number of rotatable bonds is 3. The number of hydrogen-bond donors (Lipinski definition) is 3. The van der Waals surface area contributed by atoms with Gasteiger partial charge in [0.25, 0.3) is 5.56 Å². The summed E-state index contributed by atoms with van der Waals surface area (Å²) in [6.45, 7) is 0. The number of nitriles is 1. The van der Waals surface area contributed by atoms with Gasteiger partial charge < -0.3 is 10.7 Å². The van der Waals surface area contributed by atoms with Crippen molar-refractivity contribution >= 4 is 17.3 Å². The molecule has 0 fully saturated rings. The highest BCUT2D eigenvalue weighted by molar-refractivity contribution is 6.31. The van der Waals surface area contributed by atoms with Crippen molar-refractivity contribution in [1.82, 2.24) is 9.97 Å². The lowest BCUT2D eigenvalue weighted by molar-refractivity contribution is 1.06. The third-order valence-corrected chi connectivity index (χ3v) is 2.83. The van der Waals surface area contributed by atoms with Crippen LogP contribution in [0.2, 0.25) is 5.02 Å². The van der Waals surface area contributed by atoms with Crippen LogP contribution in [-0.2, 0) is 0 Å². The molecule has 1 heterocycles. The molecule has 5 N–H and O–H groups in total. The molecule has 0 aliphatic rings. The van der Waals surface area contributed by atoms with Gasteiger partial charge in [-0.05, 0) is 18.2 Å². The highest BCUT2D eigenvalue weighted by Crippen LogP contribution is 2.30. The number of nitrogens with two attached hydrogens (primary N) is 2. The second kappa shape index (κ2) is 6.09. The van der Waals surface area contributed by atoms with Gasteiger partial charge in [-0.15, -0.1) is 0 Å². The fourth-order valence-corrected chi connectivity index (χ4v) is 1.87. The normalized spacial score (nSPS) is 11.0. The second-order valence-electron chi connectivity index (χ2n) is 4.06. The molecule has 2 aromatic rings. The Balaban J connectivity index is 2.58. The molecule has 0 aliphatic carbocycles. The summed E-state index contributed by atoms with van der Waals surface area (Å²) in [7, 11) is 0. The minimum Gasteiger partial charge on any atom is -0.389 e. The van der Waals surface area contributed by atoms with Crippen LogP contribution in [0.1, 0.15) is 0 Å². The summed E-state index contributed by atoms with van der Waals surface area (Å²) >= 11 is 5.98. The molecule has 1 aromatic carbocycles. The van der Waals surface area contributed by atoms with Gasteiger partial charge >= 0.3 is 0 Å². The number of nitrogens with zero attached hydrogens (tertiary/aromatic N) is 3. The molecular formula is C13H11ClN6O. The minimum absolute atomic E-state index is 0.0581. The van der Waals surface area contributed by atoms with Gasteiger partial charge in [-0.2, -0.15) is 5.26 Å². The Labute approximate surface area is 125 Å². The maximum atomic E-state index is 11.4. The smallest absolute Gasteiger partial charge is 0.251 e. The average molecular weight is 303 g/mol. The first kappa shape index (κ1) is 14.6. The summed E-state index contributed by atoms with van der Waals surface area (Å²) in [5.41, 5.74) is 6.51. The van der Waals surface area contributed by atoms with Crippen LogP contribution >= 0.6 is 11.6 Å². The number of nitrogens with one attached hydrogen (secondary N) is 1. The zero-order chi connectivity index (χ0) is 15.4. The van der Waals surface area contributed by atoms with Gasteiger partial charge in [-0.3, -0.25) is 9.80 Å². The molecule has 2 rings (SSSR count). The number of allylic oxidation sites excluding steroid dienone is 1. The number of aromatic amines is 1. The van der Waals surface area contributed by atoms with E-state index in [9.17, 15) is 4.79 Å². The number of hydrogen-bond acceptors (Lipinski definition) is 6.